The minimum atomic E-state index is -0.444. The average molecular weight is 290 g/mol. The van der Waals surface area contributed by atoms with E-state index in [2.05, 4.69) is 9.72 Å². The third-order valence-corrected chi connectivity index (χ3v) is 4.29. The second kappa shape index (κ2) is 5.92. The first-order valence-electron chi connectivity index (χ1n) is 7.74. The predicted octanol–water partition coefficient (Wildman–Crippen LogP) is 2.45. The molecule has 0 unspecified atom stereocenters. The Morgan fingerprint density at radius 3 is 2.48 bits per heavy atom. The van der Waals surface area contributed by atoms with Crippen molar-refractivity contribution in [2.75, 3.05) is 20.2 Å². The second-order valence-corrected chi connectivity index (χ2v) is 6.20. The smallest absolute Gasteiger partial charge is 0.354 e. The van der Waals surface area contributed by atoms with E-state index < -0.39 is 5.97 Å². The van der Waals surface area contributed by atoms with E-state index in [-0.39, 0.29) is 5.91 Å². The second-order valence-electron chi connectivity index (χ2n) is 6.20. The fourth-order valence-electron chi connectivity index (χ4n) is 2.55. The van der Waals surface area contributed by atoms with Crippen LogP contribution in [0.25, 0.3) is 0 Å². The highest BCUT2D eigenvalue weighted by Gasteiger charge is 2.29. The number of amides is 1. The fraction of sp³-hybridized carbons (Fsp3) is 0.625. The summed E-state index contributed by atoms with van der Waals surface area (Å²) in [6.07, 6.45) is 6.17. The van der Waals surface area contributed by atoms with Crippen molar-refractivity contribution in [3.05, 3.63) is 23.5 Å². The van der Waals surface area contributed by atoms with Gasteiger partial charge in [-0.25, -0.2) is 4.79 Å². The normalized spacial score (nSPS) is 17.6. The van der Waals surface area contributed by atoms with Gasteiger partial charge in [0.15, 0.2) is 0 Å². The molecule has 114 valence electrons. The van der Waals surface area contributed by atoms with Gasteiger partial charge in [0.25, 0.3) is 5.91 Å². The van der Waals surface area contributed by atoms with Crippen LogP contribution < -0.4 is 0 Å². The molecule has 0 atom stereocenters. The van der Waals surface area contributed by atoms with Crippen LogP contribution in [0.4, 0.5) is 0 Å². The molecule has 1 amide bonds. The van der Waals surface area contributed by atoms with E-state index in [1.54, 1.807) is 12.1 Å². The molecule has 2 aliphatic carbocycles. The lowest BCUT2D eigenvalue weighted by atomic mass is 10.2. The molecule has 0 radical (unpaired) electrons. The first-order chi connectivity index (χ1) is 10.2. The SMILES string of the molecule is COC(=O)c1ccc(C(=O)N(CCC2CC2)CC2CC2)[nH]1. The van der Waals surface area contributed by atoms with Crippen LogP contribution in [-0.2, 0) is 4.74 Å². The Labute approximate surface area is 124 Å². The fourth-order valence-corrected chi connectivity index (χ4v) is 2.55. The van der Waals surface area contributed by atoms with Crippen LogP contribution >= 0.6 is 0 Å². The number of carbonyl (C=O) groups excluding carboxylic acids is 2. The van der Waals surface area contributed by atoms with E-state index in [0.717, 1.165) is 25.4 Å². The summed E-state index contributed by atoms with van der Waals surface area (Å²) in [6, 6.07) is 3.28. The van der Waals surface area contributed by atoms with Crippen molar-refractivity contribution >= 4 is 11.9 Å². The van der Waals surface area contributed by atoms with Crippen LogP contribution in [0.15, 0.2) is 12.1 Å². The highest BCUT2D eigenvalue weighted by molar-refractivity contribution is 5.95. The number of nitrogens with one attached hydrogen (secondary N) is 1. The van der Waals surface area contributed by atoms with Gasteiger partial charge in [-0.1, -0.05) is 12.8 Å². The molecule has 5 heteroatoms. The summed E-state index contributed by atoms with van der Waals surface area (Å²) in [7, 11) is 1.33. The molecule has 0 spiro atoms. The highest BCUT2D eigenvalue weighted by Crippen LogP contribution is 2.34. The van der Waals surface area contributed by atoms with E-state index in [0.29, 0.717) is 17.3 Å². The average Bonchev–Trinajstić information content (AvgIpc) is 3.42. The number of aromatic amines is 1. The molecule has 1 heterocycles. The quantitative estimate of drug-likeness (QED) is 0.785. The number of methoxy groups -OCH3 is 1. The first kappa shape index (κ1) is 14.2. The molecule has 0 aromatic carbocycles. The standard InChI is InChI=1S/C16H22N2O3/c1-21-16(20)14-7-6-13(17-14)15(19)18(10-12-4-5-12)9-8-11-2-3-11/h6-7,11-12,17H,2-5,8-10H2,1H3. The number of aromatic nitrogens is 1. The first-order valence-corrected chi connectivity index (χ1v) is 7.74. The Morgan fingerprint density at radius 1 is 1.19 bits per heavy atom. The zero-order chi connectivity index (χ0) is 14.8. The van der Waals surface area contributed by atoms with E-state index >= 15 is 0 Å². The molecule has 2 fully saturated rings. The molecule has 1 aromatic heterocycles. The van der Waals surface area contributed by atoms with Gasteiger partial charge < -0.3 is 14.6 Å². The van der Waals surface area contributed by atoms with Gasteiger partial charge in [0, 0.05) is 13.1 Å². The van der Waals surface area contributed by atoms with E-state index in [4.69, 9.17) is 0 Å². The number of hydrogen-bond acceptors (Lipinski definition) is 3. The van der Waals surface area contributed by atoms with E-state index in [1.807, 2.05) is 4.90 Å². The van der Waals surface area contributed by atoms with Crippen molar-refractivity contribution in [2.45, 2.75) is 32.1 Å². The van der Waals surface area contributed by atoms with Crippen molar-refractivity contribution in [1.82, 2.24) is 9.88 Å². The highest BCUT2D eigenvalue weighted by atomic mass is 16.5. The van der Waals surface area contributed by atoms with Crippen molar-refractivity contribution in [2.24, 2.45) is 11.8 Å². The van der Waals surface area contributed by atoms with Crippen molar-refractivity contribution in [3.8, 4) is 0 Å². The van der Waals surface area contributed by atoms with Crippen LogP contribution in [0.3, 0.4) is 0 Å². The van der Waals surface area contributed by atoms with Crippen molar-refractivity contribution < 1.29 is 14.3 Å². The number of hydrogen-bond donors (Lipinski definition) is 1. The van der Waals surface area contributed by atoms with E-state index in [1.165, 1.54) is 32.8 Å². The monoisotopic (exact) mass is 290 g/mol. The number of ether oxygens (including phenoxy) is 1. The number of rotatable bonds is 7. The molecule has 0 bridgehead atoms. The number of carbonyl (C=O) groups is 2. The summed E-state index contributed by atoms with van der Waals surface area (Å²) in [4.78, 5) is 28.9. The van der Waals surface area contributed by atoms with Gasteiger partial charge in [0.1, 0.15) is 11.4 Å². The van der Waals surface area contributed by atoms with Crippen LogP contribution in [-0.4, -0.2) is 42.0 Å². The molecule has 0 aliphatic heterocycles. The summed E-state index contributed by atoms with van der Waals surface area (Å²) in [6.45, 7) is 1.67. The van der Waals surface area contributed by atoms with Gasteiger partial charge in [0.2, 0.25) is 0 Å². The maximum atomic E-state index is 12.6. The Bertz CT molecular complexity index is 529. The summed E-state index contributed by atoms with van der Waals surface area (Å²) >= 11 is 0. The Balaban J connectivity index is 1.65. The number of nitrogens with zero attached hydrogens (tertiary/aromatic N) is 1. The molecule has 3 rings (SSSR count). The minimum absolute atomic E-state index is 0.00213. The van der Waals surface area contributed by atoms with Crippen LogP contribution in [0, 0.1) is 11.8 Å². The van der Waals surface area contributed by atoms with E-state index in [9.17, 15) is 9.59 Å². The Morgan fingerprint density at radius 2 is 1.86 bits per heavy atom. The summed E-state index contributed by atoms with van der Waals surface area (Å²) in [5.74, 6) is 1.04. The lowest BCUT2D eigenvalue weighted by Gasteiger charge is -2.22. The zero-order valence-electron chi connectivity index (χ0n) is 12.4. The van der Waals surface area contributed by atoms with Crippen molar-refractivity contribution in [1.29, 1.82) is 0 Å². The lowest BCUT2D eigenvalue weighted by Crippen LogP contribution is -2.34. The van der Waals surface area contributed by atoms with Gasteiger partial charge >= 0.3 is 5.97 Å². The summed E-state index contributed by atoms with van der Waals surface area (Å²) in [5, 5.41) is 0. The van der Waals surface area contributed by atoms with Gasteiger partial charge in [-0.15, -0.1) is 0 Å². The maximum absolute atomic E-state index is 12.6. The number of H-pyrrole nitrogens is 1. The molecule has 21 heavy (non-hydrogen) atoms. The van der Waals surface area contributed by atoms with Gasteiger partial charge in [-0.2, -0.15) is 0 Å². The molecule has 2 saturated carbocycles. The maximum Gasteiger partial charge on any atom is 0.354 e. The molecule has 2 aliphatic rings. The van der Waals surface area contributed by atoms with Crippen LogP contribution in [0.1, 0.15) is 53.1 Å². The molecule has 1 aromatic rings. The van der Waals surface area contributed by atoms with Gasteiger partial charge in [0.05, 0.1) is 7.11 Å². The van der Waals surface area contributed by atoms with Gasteiger partial charge in [-0.3, -0.25) is 4.79 Å². The van der Waals surface area contributed by atoms with Gasteiger partial charge in [-0.05, 0) is 43.2 Å². The molecular formula is C16H22N2O3. The molecular weight excluding hydrogens is 268 g/mol. The Kier molecular flexibility index (Phi) is 3.99. The largest absolute Gasteiger partial charge is 0.464 e. The molecule has 1 N–H and O–H groups in total. The van der Waals surface area contributed by atoms with Crippen LogP contribution in [0.2, 0.25) is 0 Å². The molecule has 5 nitrogen and oxygen atoms in total. The predicted molar refractivity (Wildman–Crippen MR) is 78.1 cm³/mol. The summed E-state index contributed by atoms with van der Waals surface area (Å²) in [5.41, 5.74) is 0.807. The zero-order valence-corrected chi connectivity index (χ0v) is 12.4. The van der Waals surface area contributed by atoms with Crippen LogP contribution in [0.5, 0.6) is 0 Å². The third-order valence-electron chi connectivity index (χ3n) is 4.29. The molecule has 0 saturated heterocycles. The third kappa shape index (κ3) is 3.65. The minimum Gasteiger partial charge on any atom is -0.464 e. The van der Waals surface area contributed by atoms with Crippen molar-refractivity contribution in [3.63, 3.8) is 0 Å². The number of esters is 1. The summed E-state index contributed by atoms with van der Waals surface area (Å²) < 4.78 is 4.66. The topological polar surface area (TPSA) is 62.4 Å². The lowest BCUT2D eigenvalue weighted by molar-refractivity contribution is 0.0594. The Hall–Kier alpha value is -1.78.